The average molecular weight is 646 g/mol. The van der Waals surface area contributed by atoms with Crippen molar-refractivity contribution in [3.8, 4) is 0 Å². The summed E-state index contributed by atoms with van der Waals surface area (Å²) in [5, 5.41) is 82.3. The van der Waals surface area contributed by atoms with E-state index < -0.39 is 86.6 Å². The molecule has 0 spiro atoms. The van der Waals surface area contributed by atoms with Crippen molar-refractivity contribution in [2.24, 2.45) is 5.73 Å². The molecule has 19 nitrogen and oxygen atoms in total. The largest absolute Gasteiger partial charge is 0.394 e. The Bertz CT molecular complexity index is 826. The molecule has 19 heteroatoms. The molecule has 2 saturated heterocycles. The molecule has 0 bridgehead atoms. The van der Waals surface area contributed by atoms with Gasteiger partial charge in [-0.1, -0.05) is 0 Å². The molecule has 0 saturated carbocycles. The smallest absolute Gasteiger partial charge is 0.237 e. The topological polar surface area (TPSA) is 301 Å². The lowest BCUT2D eigenvalue weighted by Gasteiger charge is -2.39. The Hall–Kier alpha value is -1.66. The number of aliphatic hydroxyl groups is 8. The zero-order chi connectivity index (χ0) is 32.6. The van der Waals surface area contributed by atoms with Gasteiger partial charge in [-0.3, -0.25) is 9.59 Å². The number of carbonyl (C=O) groups excluding carboxylic acids is 2. The molecule has 0 aliphatic carbocycles. The SMILES string of the molecule is N[C@@H](CCC(=O)NCCOCCO[C@@H]1O[C@H](CO)[C@H](O)[C@H](O)[C@H]1O)C(=O)NCCOCCO[C@@H]1O[C@H](CO)[C@H](O)[C@H](O)[C@H]1O. The van der Waals surface area contributed by atoms with Crippen LogP contribution in [-0.4, -0.2) is 186 Å². The molecule has 2 heterocycles. The van der Waals surface area contributed by atoms with Crippen LogP contribution >= 0.6 is 0 Å². The van der Waals surface area contributed by atoms with Crippen LogP contribution in [0.25, 0.3) is 0 Å². The Kier molecular flexibility index (Phi) is 17.9. The molecule has 0 aromatic carbocycles. The molecule has 0 aromatic rings. The summed E-state index contributed by atoms with van der Waals surface area (Å²) >= 11 is 0. The Morgan fingerprint density at radius 3 is 1.57 bits per heavy atom. The van der Waals surface area contributed by atoms with Gasteiger partial charge >= 0.3 is 0 Å². The number of aliphatic hydroxyl groups excluding tert-OH is 8. The van der Waals surface area contributed by atoms with Crippen LogP contribution in [0.4, 0.5) is 0 Å². The first-order valence-electron chi connectivity index (χ1n) is 14.3. The first-order chi connectivity index (χ1) is 21.0. The molecular formula is C25H47N3O16. The zero-order valence-electron chi connectivity index (χ0n) is 24.3. The Balaban J connectivity index is 1.45. The van der Waals surface area contributed by atoms with Crippen LogP contribution < -0.4 is 16.4 Å². The number of hydrogen-bond acceptors (Lipinski definition) is 17. The van der Waals surface area contributed by atoms with E-state index in [-0.39, 0.29) is 71.5 Å². The fraction of sp³-hybridized carbons (Fsp3) is 0.920. The van der Waals surface area contributed by atoms with E-state index in [0.717, 1.165) is 0 Å². The van der Waals surface area contributed by atoms with E-state index >= 15 is 0 Å². The van der Waals surface area contributed by atoms with Crippen molar-refractivity contribution in [1.82, 2.24) is 10.6 Å². The molecule has 0 radical (unpaired) electrons. The number of nitrogens with one attached hydrogen (secondary N) is 2. The van der Waals surface area contributed by atoms with E-state index in [0.29, 0.717) is 0 Å². The van der Waals surface area contributed by atoms with E-state index in [1.54, 1.807) is 0 Å². The Morgan fingerprint density at radius 2 is 1.11 bits per heavy atom. The van der Waals surface area contributed by atoms with Crippen molar-refractivity contribution in [3.63, 3.8) is 0 Å². The van der Waals surface area contributed by atoms with Crippen molar-refractivity contribution < 1.29 is 78.9 Å². The van der Waals surface area contributed by atoms with Gasteiger partial charge < -0.3 is 85.6 Å². The summed E-state index contributed by atoms with van der Waals surface area (Å²) in [6.07, 6.45) is -13.6. The number of hydrogen-bond donors (Lipinski definition) is 11. The van der Waals surface area contributed by atoms with Gasteiger partial charge in [0, 0.05) is 19.5 Å². The lowest BCUT2D eigenvalue weighted by Crippen LogP contribution is -2.59. The summed E-state index contributed by atoms with van der Waals surface area (Å²) in [6, 6.07) is -0.925. The summed E-state index contributed by atoms with van der Waals surface area (Å²) in [6.45, 7) is -0.489. The third-order valence-electron chi connectivity index (χ3n) is 6.85. The van der Waals surface area contributed by atoms with Crippen LogP contribution in [0.3, 0.4) is 0 Å². The third kappa shape index (κ3) is 12.3. The zero-order valence-corrected chi connectivity index (χ0v) is 24.3. The number of carbonyl (C=O) groups is 2. The van der Waals surface area contributed by atoms with Crippen molar-refractivity contribution in [3.05, 3.63) is 0 Å². The molecule has 0 unspecified atom stereocenters. The molecule has 2 aliphatic heterocycles. The molecule has 12 N–H and O–H groups in total. The van der Waals surface area contributed by atoms with Gasteiger partial charge in [-0.2, -0.15) is 0 Å². The maximum Gasteiger partial charge on any atom is 0.237 e. The maximum atomic E-state index is 12.1. The maximum absolute atomic E-state index is 12.1. The number of ether oxygens (including phenoxy) is 6. The van der Waals surface area contributed by atoms with Crippen molar-refractivity contribution in [2.75, 3.05) is 65.9 Å². The highest BCUT2D eigenvalue weighted by molar-refractivity contribution is 5.82. The molecule has 2 amide bonds. The predicted molar refractivity (Wildman–Crippen MR) is 144 cm³/mol. The second-order valence-electron chi connectivity index (χ2n) is 10.1. The van der Waals surface area contributed by atoms with Crippen LogP contribution in [0.15, 0.2) is 0 Å². The average Bonchev–Trinajstić information content (AvgIpc) is 3.02. The minimum atomic E-state index is -1.54. The Morgan fingerprint density at radius 1 is 0.659 bits per heavy atom. The molecule has 44 heavy (non-hydrogen) atoms. The summed E-state index contributed by atoms with van der Waals surface area (Å²) < 4.78 is 31.6. The Labute approximate surface area is 253 Å². The van der Waals surface area contributed by atoms with Gasteiger partial charge in [-0.05, 0) is 6.42 Å². The monoisotopic (exact) mass is 645 g/mol. The quantitative estimate of drug-likeness (QED) is 0.0548. The first kappa shape index (κ1) is 38.5. The van der Waals surface area contributed by atoms with Gasteiger partial charge in [0.25, 0.3) is 0 Å². The van der Waals surface area contributed by atoms with E-state index in [1.807, 2.05) is 0 Å². The van der Waals surface area contributed by atoms with Gasteiger partial charge in [0.05, 0.1) is 58.9 Å². The molecule has 0 aromatic heterocycles. The van der Waals surface area contributed by atoms with Crippen molar-refractivity contribution in [1.29, 1.82) is 0 Å². The van der Waals surface area contributed by atoms with Crippen molar-refractivity contribution in [2.45, 2.75) is 80.3 Å². The van der Waals surface area contributed by atoms with Gasteiger partial charge in [0.1, 0.15) is 48.8 Å². The summed E-state index contributed by atoms with van der Waals surface area (Å²) in [5.74, 6) is -0.807. The summed E-state index contributed by atoms with van der Waals surface area (Å²) in [7, 11) is 0. The molecular weight excluding hydrogens is 598 g/mol. The lowest BCUT2D eigenvalue weighted by molar-refractivity contribution is -0.302. The molecule has 258 valence electrons. The normalized spacial score (nSPS) is 33.1. The highest BCUT2D eigenvalue weighted by Crippen LogP contribution is 2.22. The van der Waals surface area contributed by atoms with Gasteiger partial charge in [-0.15, -0.1) is 0 Å². The molecule has 2 rings (SSSR count). The van der Waals surface area contributed by atoms with Gasteiger partial charge in [0.15, 0.2) is 12.6 Å². The van der Waals surface area contributed by atoms with Gasteiger partial charge in [-0.25, -0.2) is 0 Å². The third-order valence-corrected chi connectivity index (χ3v) is 6.85. The fourth-order valence-corrected chi connectivity index (χ4v) is 4.21. The first-order valence-corrected chi connectivity index (χ1v) is 14.3. The number of amides is 2. The molecule has 2 fully saturated rings. The second kappa shape index (κ2) is 20.5. The van der Waals surface area contributed by atoms with Crippen LogP contribution in [-0.2, 0) is 38.0 Å². The number of rotatable bonds is 20. The van der Waals surface area contributed by atoms with E-state index in [2.05, 4.69) is 10.6 Å². The van der Waals surface area contributed by atoms with Crippen LogP contribution in [0, 0.1) is 0 Å². The number of nitrogens with two attached hydrogens (primary N) is 1. The molecule has 11 atom stereocenters. The predicted octanol–water partition coefficient (Wildman–Crippen LogP) is -7.01. The highest BCUT2D eigenvalue weighted by Gasteiger charge is 2.45. The van der Waals surface area contributed by atoms with E-state index in [9.17, 15) is 45.3 Å². The standard InChI is InChI=1S/C25H47N3O16/c26-13(23(38)28-4-6-40-8-10-42-25-22(37)20(35)18(33)15(12-30)44-25)1-2-16(31)27-3-5-39-7-9-41-24-21(36)19(34)17(32)14(11-29)43-24/h13-15,17-22,24-25,29-30,32-37H,1-12,26H2,(H,27,31)(H,28,38)/t13-,14+,15+,17-,18-,19-,20-,21+,22+,24+,25+/m0/s1. The highest BCUT2D eigenvalue weighted by atomic mass is 16.7. The van der Waals surface area contributed by atoms with E-state index in [1.165, 1.54) is 0 Å². The van der Waals surface area contributed by atoms with Crippen LogP contribution in [0.1, 0.15) is 12.8 Å². The fourth-order valence-electron chi connectivity index (χ4n) is 4.21. The second-order valence-corrected chi connectivity index (χ2v) is 10.1. The lowest BCUT2D eigenvalue weighted by atomic mass is 9.99. The van der Waals surface area contributed by atoms with Crippen LogP contribution in [0.2, 0.25) is 0 Å². The van der Waals surface area contributed by atoms with Gasteiger partial charge in [0.2, 0.25) is 11.8 Å². The summed E-state index contributed by atoms with van der Waals surface area (Å²) in [5.41, 5.74) is 5.83. The minimum absolute atomic E-state index is 0.000593. The summed E-state index contributed by atoms with van der Waals surface area (Å²) in [4.78, 5) is 24.1. The van der Waals surface area contributed by atoms with E-state index in [4.69, 9.17) is 39.3 Å². The minimum Gasteiger partial charge on any atom is -0.394 e. The van der Waals surface area contributed by atoms with Crippen LogP contribution in [0.5, 0.6) is 0 Å². The molecule has 2 aliphatic rings. The van der Waals surface area contributed by atoms with Crippen molar-refractivity contribution >= 4 is 11.8 Å².